The topological polar surface area (TPSA) is 57.2 Å². The summed E-state index contributed by atoms with van der Waals surface area (Å²) in [5.41, 5.74) is 3.23. The Bertz CT molecular complexity index is 937. The fourth-order valence-electron chi connectivity index (χ4n) is 4.46. The van der Waals surface area contributed by atoms with Crippen LogP contribution in [0.4, 0.5) is 0 Å². The number of benzene rings is 2. The lowest BCUT2D eigenvalue weighted by atomic mass is 9.81. The van der Waals surface area contributed by atoms with Crippen LogP contribution in [-0.2, 0) is 11.2 Å². The largest absolute Gasteiger partial charge is 0.493 e. The van der Waals surface area contributed by atoms with E-state index in [4.69, 9.17) is 18.9 Å². The van der Waals surface area contributed by atoms with E-state index in [1.54, 1.807) is 28.4 Å². The first-order valence-corrected chi connectivity index (χ1v) is 10.4. The Kier molecular flexibility index (Phi) is 5.75. The van der Waals surface area contributed by atoms with Gasteiger partial charge in [-0.25, -0.2) is 0 Å². The van der Waals surface area contributed by atoms with Crippen molar-refractivity contribution in [2.24, 2.45) is 5.92 Å². The van der Waals surface area contributed by atoms with Crippen molar-refractivity contribution in [3.05, 3.63) is 47.0 Å². The van der Waals surface area contributed by atoms with E-state index in [9.17, 15) is 4.79 Å². The van der Waals surface area contributed by atoms with Crippen molar-refractivity contribution in [2.45, 2.75) is 31.7 Å². The number of hydrogen-bond acceptors (Lipinski definition) is 5. The Labute approximate surface area is 177 Å². The maximum Gasteiger partial charge on any atom is 0.226 e. The maximum atomic E-state index is 13.3. The molecule has 2 aromatic rings. The highest BCUT2D eigenvalue weighted by atomic mass is 16.5. The number of rotatable bonds is 6. The summed E-state index contributed by atoms with van der Waals surface area (Å²) in [4.78, 5) is 15.4. The lowest BCUT2D eigenvalue weighted by molar-refractivity contribution is -0.140. The highest BCUT2D eigenvalue weighted by Crippen LogP contribution is 2.44. The van der Waals surface area contributed by atoms with Gasteiger partial charge in [0, 0.05) is 12.5 Å². The molecule has 6 nitrogen and oxygen atoms in total. The summed E-state index contributed by atoms with van der Waals surface area (Å²) in [5, 5.41) is 0. The van der Waals surface area contributed by atoms with Crippen LogP contribution in [0.15, 0.2) is 30.3 Å². The Hall–Kier alpha value is -2.89. The summed E-state index contributed by atoms with van der Waals surface area (Å²) in [6.07, 6.45) is 3.88. The number of hydrogen-bond donors (Lipinski definition) is 0. The highest BCUT2D eigenvalue weighted by Gasteiger charge is 2.38. The Morgan fingerprint density at radius 2 is 1.50 bits per heavy atom. The van der Waals surface area contributed by atoms with Gasteiger partial charge >= 0.3 is 0 Å². The van der Waals surface area contributed by atoms with Gasteiger partial charge in [-0.2, -0.15) is 0 Å². The van der Waals surface area contributed by atoms with Crippen molar-refractivity contribution in [2.75, 3.05) is 35.0 Å². The molecule has 1 amide bonds. The van der Waals surface area contributed by atoms with E-state index in [0.29, 0.717) is 29.5 Å². The Morgan fingerprint density at radius 1 is 0.867 bits per heavy atom. The summed E-state index contributed by atoms with van der Waals surface area (Å²) >= 11 is 0. The van der Waals surface area contributed by atoms with Crippen molar-refractivity contribution in [3.63, 3.8) is 0 Å². The van der Waals surface area contributed by atoms with Gasteiger partial charge in [0.1, 0.15) is 0 Å². The number of ether oxygens (including phenoxy) is 4. The fourth-order valence-corrected chi connectivity index (χ4v) is 4.46. The Morgan fingerprint density at radius 3 is 2.10 bits per heavy atom. The van der Waals surface area contributed by atoms with E-state index in [-0.39, 0.29) is 17.9 Å². The number of methoxy groups -OCH3 is 4. The second-order valence-electron chi connectivity index (χ2n) is 7.83. The third kappa shape index (κ3) is 3.44. The van der Waals surface area contributed by atoms with E-state index >= 15 is 0 Å². The zero-order chi connectivity index (χ0) is 21.3. The van der Waals surface area contributed by atoms with Crippen LogP contribution < -0.4 is 18.9 Å². The minimum Gasteiger partial charge on any atom is -0.493 e. The molecule has 1 fully saturated rings. The summed E-state index contributed by atoms with van der Waals surface area (Å²) in [7, 11) is 6.53. The van der Waals surface area contributed by atoms with Crippen LogP contribution in [0.3, 0.4) is 0 Å². The van der Waals surface area contributed by atoms with E-state index in [0.717, 1.165) is 36.8 Å². The molecular formula is C24H29NO5. The molecule has 1 atom stereocenters. The first kappa shape index (κ1) is 20.4. The van der Waals surface area contributed by atoms with Crippen LogP contribution in [0.5, 0.6) is 23.0 Å². The molecule has 0 radical (unpaired) electrons. The molecule has 0 saturated heterocycles. The summed E-state index contributed by atoms with van der Waals surface area (Å²) < 4.78 is 22.0. The standard InChI is InChI=1S/C24H29NO5/c1-27-19-9-8-17(13-20(19)28-2)23-18-14-22(30-4)21(29-3)12-16(18)10-11-25(23)24(26)15-6-5-7-15/h8-9,12-15,23H,5-7,10-11H2,1-4H3. The molecule has 160 valence electrons. The molecule has 6 heteroatoms. The maximum absolute atomic E-state index is 13.3. The molecule has 1 heterocycles. The molecular weight excluding hydrogens is 382 g/mol. The van der Waals surface area contributed by atoms with E-state index < -0.39 is 0 Å². The van der Waals surface area contributed by atoms with Crippen molar-refractivity contribution in [1.29, 1.82) is 0 Å². The van der Waals surface area contributed by atoms with Crippen molar-refractivity contribution < 1.29 is 23.7 Å². The molecule has 1 unspecified atom stereocenters. The average Bonchev–Trinajstić information content (AvgIpc) is 2.75. The van der Waals surface area contributed by atoms with E-state index in [1.807, 2.05) is 35.2 Å². The lowest BCUT2D eigenvalue weighted by Crippen LogP contribution is -2.45. The third-order valence-electron chi connectivity index (χ3n) is 6.33. The first-order valence-electron chi connectivity index (χ1n) is 10.4. The molecule has 0 bridgehead atoms. The molecule has 1 aliphatic carbocycles. The van der Waals surface area contributed by atoms with Gasteiger partial charge in [-0.1, -0.05) is 12.5 Å². The quantitative estimate of drug-likeness (QED) is 0.719. The van der Waals surface area contributed by atoms with Gasteiger partial charge < -0.3 is 23.8 Å². The van der Waals surface area contributed by atoms with Crippen LogP contribution in [0.1, 0.15) is 42.0 Å². The number of fused-ring (bicyclic) bond motifs is 1. The van der Waals surface area contributed by atoms with Crippen LogP contribution in [0.25, 0.3) is 0 Å². The Balaban J connectivity index is 1.84. The zero-order valence-corrected chi connectivity index (χ0v) is 18.1. The van der Waals surface area contributed by atoms with Crippen LogP contribution in [0, 0.1) is 5.92 Å². The summed E-state index contributed by atoms with van der Waals surface area (Å²) in [6.45, 7) is 0.677. The van der Waals surface area contributed by atoms with Gasteiger partial charge in [0.05, 0.1) is 34.5 Å². The SMILES string of the molecule is COc1ccc(C2c3cc(OC)c(OC)cc3CCN2C(=O)C2CCC2)cc1OC. The molecule has 0 aromatic heterocycles. The summed E-state index contributed by atoms with van der Waals surface area (Å²) in [6, 6.07) is 9.72. The van der Waals surface area contributed by atoms with Gasteiger partial charge in [-0.05, 0) is 60.2 Å². The van der Waals surface area contributed by atoms with Gasteiger partial charge in [-0.3, -0.25) is 4.79 Å². The average molecular weight is 411 g/mol. The predicted molar refractivity (Wildman–Crippen MR) is 114 cm³/mol. The lowest BCUT2D eigenvalue weighted by Gasteiger charge is -2.41. The molecule has 1 saturated carbocycles. The molecule has 0 N–H and O–H groups in total. The molecule has 1 aliphatic heterocycles. The zero-order valence-electron chi connectivity index (χ0n) is 18.1. The predicted octanol–water partition coefficient (Wildman–Crippen LogP) is 4.00. The van der Waals surface area contributed by atoms with Crippen molar-refractivity contribution in [1.82, 2.24) is 4.90 Å². The normalized spacial score (nSPS) is 18.3. The molecule has 0 spiro atoms. The third-order valence-corrected chi connectivity index (χ3v) is 6.33. The minimum atomic E-state index is -0.207. The smallest absolute Gasteiger partial charge is 0.226 e. The van der Waals surface area contributed by atoms with Gasteiger partial charge in [0.25, 0.3) is 0 Å². The highest BCUT2D eigenvalue weighted by molar-refractivity contribution is 5.81. The molecule has 2 aromatic carbocycles. The second kappa shape index (κ2) is 8.46. The van der Waals surface area contributed by atoms with Crippen molar-refractivity contribution >= 4 is 5.91 Å². The number of carbonyl (C=O) groups excluding carboxylic acids is 1. The van der Waals surface area contributed by atoms with Crippen LogP contribution in [0.2, 0.25) is 0 Å². The molecule has 2 aliphatic rings. The van der Waals surface area contributed by atoms with Crippen LogP contribution >= 0.6 is 0 Å². The van der Waals surface area contributed by atoms with Crippen molar-refractivity contribution in [3.8, 4) is 23.0 Å². The summed E-state index contributed by atoms with van der Waals surface area (Å²) in [5.74, 6) is 3.07. The first-order chi connectivity index (χ1) is 14.6. The monoisotopic (exact) mass is 411 g/mol. The number of carbonyl (C=O) groups is 1. The number of amides is 1. The number of nitrogens with zero attached hydrogens (tertiary/aromatic N) is 1. The van der Waals surface area contributed by atoms with Gasteiger partial charge in [0.2, 0.25) is 5.91 Å². The minimum absolute atomic E-state index is 0.134. The van der Waals surface area contributed by atoms with E-state index in [2.05, 4.69) is 0 Å². The van der Waals surface area contributed by atoms with E-state index in [1.165, 1.54) is 5.56 Å². The fraction of sp³-hybridized carbons (Fsp3) is 0.458. The van der Waals surface area contributed by atoms with Gasteiger partial charge in [0.15, 0.2) is 23.0 Å². The van der Waals surface area contributed by atoms with Crippen LogP contribution in [-0.4, -0.2) is 45.8 Å². The molecule has 4 rings (SSSR count). The van der Waals surface area contributed by atoms with Gasteiger partial charge in [-0.15, -0.1) is 0 Å². The molecule has 30 heavy (non-hydrogen) atoms. The second-order valence-corrected chi connectivity index (χ2v) is 7.83.